The average molecular weight is 466 g/mol. The number of hydrogen-bond acceptors (Lipinski definition) is 11. The summed E-state index contributed by atoms with van der Waals surface area (Å²) >= 11 is 0. The van der Waals surface area contributed by atoms with Crippen LogP contribution in [0.1, 0.15) is 41.0 Å². The van der Waals surface area contributed by atoms with Gasteiger partial charge in [0.2, 0.25) is 11.9 Å². The smallest absolute Gasteiger partial charge is 0.343 e. The van der Waals surface area contributed by atoms with Gasteiger partial charge in [-0.1, -0.05) is 20.8 Å². The minimum absolute atomic E-state index is 0.202. The minimum atomic E-state index is -2.29. The summed E-state index contributed by atoms with van der Waals surface area (Å²) in [5.41, 5.74) is -8.43. The third-order valence-electron chi connectivity index (χ3n) is 9.26. The molecule has 0 bridgehead atoms. The molecule has 2 aliphatic carbocycles. The van der Waals surface area contributed by atoms with Crippen LogP contribution >= 0.6 is 0 Å². The highest BCUT2D eigenvalue weighted by atomic mass is 16.8. The molecule has 11 atom stereocenters. The van der Waals surface area contributed by atoms with Gasteiger partial charge in [0.25, 0.3) is 0 Å². The van der Waals surface area contributed by atoms with E-state index in [9.17, 15) is 29.4 Å². The van der Waals surface area contributed by atoms with E-state index in [0.29, 0.717) is 0 Å². The molecule has 0 aromatic carbocycles. The minimum Gasteiger partial charge on any atom is -0.459 e. The Labute approximate surface area is 188 Å². The van der Waals surface area contributed by atoms with Gasteiger partial charge in [-0.25, -0.2) is 9.59 Å². The van der Waals surface area contributed by atoms with Gasteiger partial charge in [-0.3, -0.25) is 9.59 Å². The summed E-state index contributed by atoms with van der Waals surface area (Å²) in [4.78, 5) is 51.2. The summed E-state index contributed by atoms with van der Waals surface area (Å²) in [5, 5.41) is 23.5. The number of rotatable bonds is 1. The van der Waals surface area contributed by atoms with Crippen molar-refractivity contribution < 1.29 is 53.1 Å². The summed E-state index contributed by atoms with van der Waals surface area (Å²) < 4.78 is 28.7. The van der Waals surface area contributed by atoms with E-state index in [4.69, 9.17) is 23.7 Å². The number of hydrogen-bond donors (Lipinski definition) is 2. The Balaban J connectivity index is 1.74. The van der Waals surface area contributed by atoms with Crippen LogP contribution in [0.25, 0.3) is 0 Å². The molecule has 180 valence electrons. The first-order chi connectivity index (χ1) is 15.2. The van der Waals surface area contributed by atoms with Gasteiger partial charge in [-0.05, 0) is 24.7 Å². The van der Waals surface area contributed by atoms with E-state index in [-0.39, 0.29) is 6.42 Å². The fraction of sp³-hybridized carbons (Fsp3) is 0.818. The van der Waals surface area contributed by atoms with Crippen molar-refractivity contribution in [2.24, 2.45) is 28.1 Å². The van der Waals surface area contributed by atoms with Gasteiger partial charge in [0, 0.05) is 6.92 Å². The Morgan fingerprint density at radius 3 is 2.39 bits per heavy atom. The topological polar surface area (TPSA) is 155 Å². The molecule has 6 fully saturated rings. The second-order valence-electron chi connectivity index (χ2n) is 11.3. The highest BCUT2D eigenvalue weighted by molar-refractivity contribution is 5.94. The van der Waals surface area contributed by atoms with Crippen molar-refractivity contribution in [1.82, 2.24) is 0 Å². The van der Waals surface area contributed by atoms with Crippen LogP contribution in [-0.2, 0) is 42.9 Å². The van der Waals surface area contributed by atoms with Gasteiger partial charge in [-0.2, -0.15) is 0 Å². The zero-order valence-electron chi connectivity index (χ0n) is 18.8. The van der Waals surface area contributed by atoms with Crippen molar-refractivity contribution in [3.05, 3.63) is 0 Å². The summed E-state index contributed by atoms with van der Waals surface area (Å²) in [6.45, 7) is 8.27. The average Bonchev–Trinajstić information content (AvgIpc) is 3.40. The Kier molecular flexibility index (Phi) is 3.57. The second kappa shape index (κ2) is 5.52. The molecule has 0 radical (unpaired) electrons. The largest absolute Gasteiger partial charge is 0.459 e. The van der Waals surface area contributed by atoms with E-state index in [0.717, 1.165) is 6.92 Å². The van der Waals surface area contributed by atoms with Gasteiger partial charge >= 0.3 is 23.9 Å². The number of aliphatic hydroxyl groups excluding tert-OH is 1. The normalized spacial score (nSPS) is 55.5. The number of carbonyl (C=O) groups excluding carboxylic acids is 4. The fourth-order valence-electron chi connectivity index (χ4n) is 8.41. The molecule has 11 heteroatoms. The molecule has 0 aromatic heterocycles. The van der Waals surface area contributed by atoms with Crippen molar-refractivity contribution in [2.75, 3.05) is 0 Å². The molecular formula is C22H26O11. The quantitative estimate of drug-likeness (QED) is 0.369. The van der Waals surface area contributed by atoms with Crippen LogP contribution in [0.4, 0.5) is 0 Å². The zero-order chi connectivity index (χ0) is 24.1. The van der Waals surface area contributed by atoms with Crippen LogP contribution in [0.2, 0.25) is 0 Å². The van der Waals surface area contributed by atoms with Gasteiger partial charge in [-0.15, -0.1) is 0 Å². The molecule has 2 saturated carbocycles. The Morgan fingerprint density at radius 1 is 1.12 bits per heavy atom. The number of esters is 4. The summed E-state index contributed by atoms with van der Waals surface area (Å²) in [5.74, 6) is -5.20. The lowest BCUT2D eigenvalue weighted by molar-refractivity contribution is -0.240. The molecule has 6 aliphatic rings. The predicted molar refractivity (Wildman–Crippen MR) is 102 cm³/mol. The number of fused-ring (bicyclic) bond motifs is 1. The highest BCUT2D eigenvalue weighted by Crippen LogP contribution is 2.85. The van der Waals surface area contributed by atoms with E-state index in [1.54, 1.807) is 0 Å². The van der Waals surface area contributed by atoms with Gasteiger partial charge in [0.05, 0.1) is 11.3 Å². The molecule has 0 aromatic rings. The maximum Gasteiger partial charge on any atom is 0.343 e. The van der Waals surface area contributed by atoms with Crippen LogP contribution in [-0.4, -0.2) is 76.0 Å². The molecule has 4 heterocycles. The van der Waals surface area contributed by atoms with Gasteiger partial charge in [0.15, 0.2) is 23.9 Å². The van der Waals surface area contributed by atoms with Crippen LogP contribution in [0.3, 0.4) is 0 Å². The SMILES string of the molecule is CC(=O)O[C@H]1[C@@H]2OC(=O)[C@@H](C)[C@]2(O)[C@@]23O[C@H]4OC(=O)[C@H](O)[C@@]45[C@H](C(C)(C)C)C[C@@H](OC2=O)[C@@]153. The van der Waals surface area contributed by atoms with Crippen LogP contribution in [0.5, 0.6) is 0 Å². The molecular weight excluding hydrogens is 440 g/mol. The van der Waals surface area contributed by atoms with Crippen LogP contribution < -0.4 is 0 Å². The number of aliphatic hydroxyl groups is 2. The summed E-state index contributed by atoms with van der Waals surface area (Å²) in [6, 6.07) is 0. The predicted octanol–water partition coefficient (Wildman–Crippen LogP) is -0.799. The Hall–Kier alpha value is -2.24. The molecule has 33 heavy (non-hydrogen) atoms. The van der Waals surface area contributed by atoms with Gasteiger partial charge in [0.1, 0.15) is 11.5 Å². The monoisotopic (exact) mass is 466 g/mol. The van der Waals surface area contributed by atoms with Crippen molar-refractivity contribution in [2.45, 2.75) is 82.9 Å². The number of carbonyl (C=O) groups is 4. The van der Waals surface area contributed by atoms with Crippen molar-refractivity contribution in [3.63, 3.8) is 0 Å². The molecule has 2 spiro atoms. The van der Waals surface area contributed by atoms with E-state index >= 15 is 0 Å². The van der Waals surface area contributed by atoms with E-state index in [2.05, 4.69) is 0 Å². The lowest BCUT2D eigenvalue weighted by Crippen LogP contribution is -2.67. The molecule has 4 aliphatic heterocycles. The van der Waals surface area contributed by atoms with Crippen molar-refractivity contribution in [3.8, 4) is 0 Å². The molecule has 0 amide bonds. The molecule has 2 N–H and O–H groups in total. The summed E-state index contributed by atoms with van der Waals surface area (Å²) in [7, 11) is 0. The fourth-order valence-corrected chi connectivity index (χ4v) is 8.41. The van der Waals surface area contributed by atoms with Crippen molar-refractivity contribution in [1.29, 1.82) is 0 Å². The standard InChI is InChI=1S/C22H26O11/c1-7-14(25)31-13-12(29-8(2)23)20-10-6-9(18(3,4)5)19(20)11(24)15(26)32-17(19)33-22(20,16(27)30-10)21(7,13)28/h7,9-13,17,24,28H,6H2,1-5H3/t7-,9+,10-,11+,12+,13+,17-,19+,20-,21-,22-/m1/s1. The van der Waals surface area contributed by atoms with E-state index in [1.165, 1.54) is 6.92 Å². The molecule has 11 nitrogen and oxygen atoms in total. The first kappa shape index (κ1) is 21.3. The summed E-state index contributed by atoms with van der Waals surface area (Å²) in [6.07, 6.45) is -6.85. The number of ether oxygens (including phenoxy) is 5. The van der Waals surface area contributed by atoms with Gasteiger partial charge < -0.3 is 33.9 Å². The van der Waals surface area contributed by atoms with E-state index < -0.39 is 93.9 Å². The highest BCUT2D eigenvalue weighted by Gasteiger charge is 3.04. The molecule has 0 unspecified atom stereocenters. The van der Waals surface area contributed by atoms with Crippen LogP contribution in [0.15, 0.2) is 0 Å². The third kappa shape index (κ3) is 1.71. The zero-order valence-corrected chi connectivity index (χ0v) is 18.8. The van der Waals surface area contributed by atoms with E-state index in [1.807, 2.05) is 20.8 Å². The molecule has 6 rings (SSSR count). The second-order valence-corrected chi connectivity index (χ2v) is 11.3. The third-order valence-corrected chi connectivity index (χ3v) is 9.26. The van der Waals surface area contributed by atoms with Crippen molar-refractivity contribution >= 4 is 23.9 Å². The lowest BCUT2D eigenvalue weighted by atomic mass is 9.51. The van der Waals surface area contributed by atoms with Crippen LogP contribution in [0, 0.1) is 28.1 Å². The molecule has 4 saturated heterocycles. The lowest BCUT2D eigenvalue weighted by Gasteiger charge is -2.48. The first-order valence-corrected chi connectivity index (χ1v) is 11.1. The maximum atomic E-state index is 13.6. The Morgan fingerprint density at radius 2 is 1.79 bits per heavy atom. The maximum absolute atomic E-state index is 13.6. The Bertz CT molecular complexity index is 1030. The first-order valence-electron chi connectivity index (χ1n) is 11.1.